The van der Waals surface area contributed by atoms with Crippen LogP contribution < -0.4 is 19.9 Å². The Labute approximate surface area is 106 Å². The van der Waals surface area contributed by atoms with Crippen molar-refractivity contribution in [3.8, 4) is 17.2 Å². The summed E-state index contributed by atoms with van der Waals surface area (Å²) in [7, 11) is 3.00. The average molecular weight is 251 g/mol. The molecular formula is C13H17NO4. The summed E-state index contributed by atoms with van der Waals surface area (Å²) in [5.74, 6) is 0.705. The molecule has 2 N–H and O–H groups in total. The summed E-state index contributed by atoms with van der Waals surface area (Å²) in [6.45, 7) is 1.76. The van der Waals surface area contributed by atoms with Gasteiger partial charge in [-0.05, 0) is 17.7 Å². The van der Waals surface area contributed by atoms with Crippen molar-refractivity contribution < 1.29 is 19.0 Å². The SMILES string of the molecule is COc1cc(C=CCN)cc(OC)c1OC(C)=O. The molecule has 0 spiro atoms. The van der Waals surface area contributed by atoms with Crippen LogP contribution in [0.1, 0.15) is 12.5 Å². The largest absolute Gasteiger partial charge is 0.493 e. The third-order valence-corrected chi connectivity index (χ3v) is 2.18. The first-order valence-electron chi connectivity index (χ1n) is 5.43. The number of methoxy groups -OCH3 is 2. The lowest BCUT2D eigenvalue weighted by Gasteiger charge is -2.13. The third-order valence-electron chi connectivity index (χ3n) is 2.18. The molecule has 0 aliphatic heterocycles. The summed E-state index contributed by atoms with van der Waals surface area (Å²) >= 11 is 0. The van der Waals surface area contributed by atoms with Crippen molar-refractivity contribution in [2.75, 3.05) is 20.8 Å². The number of esters is 1. The minimum Gasteiger partial charge on any atom is -0.493 e. The molecule has 0 heterocycles. The van der Waals surface area contributed by atoms with E-state index in [2.05, 4.69) is 0 Å². The Hall–Kier alpha value is -2.01. The fourth-order valence-corrected chi connectivity index (χ4v) is 1.44. The van der Waals surface area contributed by atoms with Gasteiger partial charge >= 0.3 is 5.97 Å². The predicted octanol–water partition coefficient (Wildman–Crippen LogP) is 1.60. The monoisotopic (exact) mass is 251 g/mol. The van der Waals surface area contributed by atoms with Crippen LogP contribution in [0.2, 0.25) is 0 Å². The van der Waals surface area contributed by atoms with Gasteiger partial charge < -0.3 is 19.9 Å². The van der Waals surface area contributed by atoms with Crippen molar-refractivity contribution in [1.29, 1.82) is 0 Å². The van der Waals surface area contributed by atoms with Gasteiger partial charge in [0.25, 0.3) is 0 Å². The Morgan fingerprint density at radius 2 is 1.83 bits per heavy atom. The topological polar surface area (TPSA) is 70.8 Å². The van der Waals surface area contributed by atoms with Crippen LogP contribution in [0.4, 0.5) is 0 Å². The van der Waals surface area contributed by atoms with Crippen molar-refractivity contribution >= 4 is 12.0 Å². The highest BCUT2D eigenvalue weighted by Crippen LogP contribution is 2.38. The van der Waals surface area contributed by atoms with Crippen molar-refractivity contribution in [3.63, 3.8) is 0 Å². The highest BCUT2D eigenvalue weighted by molar-refractivity contribution is 5.73. The molecule has 5 nitrogen and oxygen atoms in total. The van der Waals surface area contributed by atoms with Crippen LogP contribution in [-0.2, 0) is 4.79 Å². The van der Waals surface area contributed by atoms with Crippen LogP contribution in [0.5, 0.6) is 17.2 Å². The molecule has 0 atom stereocenters. The van der Waals surface area contributed by atoms with Crippen LogP contribution in [0.3, 0.4) is 0 Å². The predicted molar refractivity (Wildman–Crippen MR) is 68.9 cm³/mol. The first-order chi connectivity index (χ1) is 8.62. The van der Waals surface area contributed by atoms with Gasteiger partial charge in [0.15, 0.2) is 11.5 Å². The van der Waals surface area contributed by atoms with Crippen molar-refractivity contribution in [1.82, 2.24) is 0 Å². The first-order valence-corrected chi connectivity index (χ1v) is 5.43. The molecule has 0 aliphatic carbocycles. The fraction of sp³-hybridized carbons (Fsp3) is 0.308. The molecular weight excluding hydrogens is 234 g/mol. The zero-order valence-corrected chi connectivity index (χ0v) is 10.7. The van der Waals surface area contributed by atoms with Crippen molar-refractivity contribution in [3.05, 3.63) is 23.8 Å². The van der Waals surface area contributed by atoms with Gasteiger partial charge in [-0.25, -0.2) is 0 Å². The van der Waals surface area contributed by atoms with E-state index in [0.717, 1.165) is 5.56 Å². The maximum atomic E-state index is 11.0. The van der Waals surface area contributed by atoms with E-state index in [-0.39, 0.29) is 5.75 Å². The van der Waals surface area contributed by atoms with Gasteiger partial charge in [0, 0.05) is 13.5 Å². The standard InChI is InChI=1S/C13H17NO4/c1-9(15)18-13-11(16-2)7-10(5-4-6-14)8-12(13)17-3/h4-5,7-8H,6,14H2,1-3H3. The van der Waals surface area contributed by atoms with E-state index in [0.29, 0.717) is 18.0 Å². The first kappa shape index (κ1) is 14.1. The zero-order chi connectivity index (χ0) is 13.5. The number of nitrogens with two attached hydrogens (primary N) is 1. The Balaban J connectivity index is 3.24. The van der Waals surface area contributed by atoms with Gasteiger partial charge in [-0.15, -0.1) is 0 Å². The second-order valence-electron chi connectivity index (χ2n) is 3.49. The van der Waals surface area contributed by atoms with Crippen LogP contribution in [0.25, 0.3) is 6.08 Å². The van der Waals surface area contributed by atoms with Crippen LogP contribution >= 0.6 is 0 Å². The van der Waals surface area contributed by atoms with Crippen LogP contribution in [0, 0.1) is 0 Å². The summed E-state index contributed by atoms with van der Waals surface area (Å²) in [6, 6.07) is 3.49. The van der Waals surface area contributed by atoms with Crippen LogP contribution in [0.15, 0.2) is 18.2 Å². The molecule has 0 fully saturated rings. The van der Waals surface area contributed by atoms with Crippen molar-refractivity contribution in [2.45, 2.75) is 6.92 Å². The second kappa shape index (κ2) is 6.66. The van der Waals surface area contributed by atoms with Gasteiger partial charge in [0.1, 0.15) is 0 Å². The number of hydrogen-bond acceptors (Lipinski definition) is 5. The normalized spacial score (nSPS) is 10.4. The van der Waals surface area contributed by atoms with E-state index >= 15 is 0 Å². The molecule has 0 bridgehead atoms. The van der Waals surface area contributed by atoms with E-state index in [1.54, 1.807) is 18.2 Å². The molecule has 0 amide bonds. The van der Waals surface area contributed by atoms with Gasteiger partial charge in [0.05, 0.1) is 14.2 Å². The Morgan fingerprint density at radius 1 is 1.28 bits per heavy atom. The Morgan fingerprint density at radius 3 is 2.22 bits per heavy atom. The second-order valence-corrected chi connectivity index (χ2v) is 3.49. The third kappa shape index (κ3) is 3.49. The molecule has 18 heavy (non-hydrogen) atoms. The minimum atomic E-state index is -0.433. The lowest BCUT2D eigenvalue weighted by Crippen LogP contribution is -2.05. The van der Waals surface area contributed by atoms with Gasteiger partial charge in [-0.3, -0.25) is 4.79 Å². The van der Waals surface area contributed by atoms with Crippen molar-refractivity contribution in [2.24, 2.45) is 5.73 Å². The molecule has 1 rings (SSSR count). The quantitative estimate of drug-likeness (QED) is 0.635. The van der Waals surface area contributed by atoms with E-state index < -0.39 is 5.97 Å². The lowest BCUT2D eigenvalue weighted by atomic mass is 10.1. The average Bonchev–Trinajstić information content (AvgIpc) is 2.36. The molecule has 0 aliphatic rings. The van der Waals surface area contributed by atoms with E-state index in [9.17, 15) is 4.79 Å². The molecule has 0 unspecified atom stereocenters. The molecule has 0 saturated carbocycles. The van der Waals surface area contributed by atoms with Gasteiger partial charge in [-0.1, -0.05) is 12.2 Å². The number of benzene rings is 1. The minimum absolute atomic E-state index is 0.275. The highest BCUT2D eigenvalue weighted by Gasteiger charge is 2.15. The number of rotatable bonds is 5. The molecule has 98 valence electrons. The highest BCUT2D eigenvalue weighted by atomic mass is 16.6. The Kier molecular flexibility index (Phi) is 5.20. The molecule has 5 heteroatoms. The van der Waals surface area contributed by atoms with Gasteiger partial charge in [-0.2, -0.15) is 0 Å². The summed E-state index contributed by atoms with van der Waals surface area (Å²) in [4.78, 5) is 11.0. The zero-order valence-electron chi connectivity index (χ0n) is 10.7. The van der Waals surface area contributed by atoms with Crippen LogP contribution in [-0.4, -0.2) is 26.7 Å². The number of ether oxygens (including phenoxy) is 3. The number of hydrogen-bond donors (Lipinski definition) is 1. The Bertz CT molecular complexity index is 429. The number of carbonyl (C=O) groups excluding carboxylic acids is 1. The maximum Gasteiger partial charge on any atom is 0.308 e. The fourth-order valence-electron chi connectivity index (χ4n) is 1.44. The summed E-state index contributed by atoms with van der Waals surface area (Å²) in [5.41, 5.74) is 6.25. The summed E-state index contributed by atoms with van der Waals surface area (Å²) in [5, 5.41) is 0. The lowest BCUT2D eigenvalue weighted by molar-refractivity contribution is -0.132. The summed E-state index contributed by atoms with van der Waals surface area (Å²) in [6.07, 6.45) is 3.64. The number of carbonyl (C=O) groups is 1. The van der Waals surface area contributed by atoms with E-state index in [1.165, 1.54) is 21.1 Å². The molecule has 0 aromatic heterocycles. The molecule has 1 aromatic rings. The van der Waals surface area contributed by atoms with E-state index in [1.807, 2.05) is 6.08 Å². The maximum absolute atomic E-state index is 11.0. The molecule has 0 radical (unpaired) electrons. The smallest absolute Gasteiger partial charge is 0.308 e. The molecule has 1 aromatic carbocycles. The van der Waals surface area contributed by atoms with Gasteiger partial charge in [0.2, 0.25) is 5.75 Å². The summed E-state index contributed by atoms with van der Waals surface area (Å²) < 4.78 is 15.5. The molecule has 0 saturated heterocycles. The van der Waals surface area contributed by atoms with E-state index in [4.69, 9.17) is 19.9 Å².